The fourth-order valence-electron chi connectivity index (χ4n) is 3.10. The number of carbonyl (C=O) groups is 1. The highest BCUT2D eigenvalue weighted by atomic mass is 16.1. The van der Waals surface area contributed by atoms with Crippen LogP contribution < -0.4 is 5.32 Å². The van der Waals surface area contributed by atoms with Crippen molar-refractivity contribution in [2.45, 2.75) is 39.7 Å². The number of imidazole rings is 1. The third-order valence-corrected chi connectivity index (χ3v) is 4.39. The Morgan fingerprint density at radius 1 is 1.21 bits per heavy atom. The predicted octanol–water partition coefficient (Wildman–Crippen LogP) is 3.99. The SMILES string of the molecule is Cc1ccc([C@H](C)NC(=O)CCc2ccc3nc[nH]c3c2)c(C)c1. The maximum atomic E-state index is 12.3. The average molecular weight is 321 g/mol. The third-order valence-electron chi connectivity index (χ3n) is 4.39. The van der Waals surface area contributed by atoms with Gasteiger partial charge in [0.2, 0.25) is 5.91 Å². The lowest BCUT2D eigenvalue weighted by atomic mass is 10.00. The van der Waals surface area contributed by atoms with Crippen LogP contribution in [0.3, 0.4) is 0 Å². The summed E-state index contributed by atoms with van der Waals surface area (Å²) in [7, 11) is 0. The first-order chi connectivity index (χ1) is 11.5. The van der Waals surface area contributed by atoms with Crippen LogP contribution in [0.15, 0.2) is 42.7 Å². The van der Waals surface area contributed by atoms with Crippen LogP contribution >= 0.6 is 0 Å². The van der Waals surface area contributed by atoms with E-state index in [1.165, 1.54) is 16.7 Å². The van der Waals surface area contributed by atoms with Gasteiger partial charge in [0.05, 0.1) is 23.4 Å². The van der Waals surface area contributed by atoms with E-state index in [1.54, 1.807) is 6.33 Å². The molecule has 3 rings (SSSR count). The largest absolute Gasteiger partial charge is 0.350 e. The summed E-state index contributed by atoms with van der Waals surface area (Å²) >= 11 is 0. The second kappa shape index (κ2) is 6.87. The van der Waals surface area contributed by atoms with E-state index in [-0.39, 0.29) is 11.9 Å². The predicted molar refractivity (Wildman–Crippen MR) is 96.9 cm³/mol. The van der Waals surface area contributed by atoms with Gasteiger partial charge in [-0.15, -0.1) is 0 Å². The molecule has 1 atom stereocenters. The standard InChI is InChI=1S/C20H23N3O/c1-13-4-7-17(14(2)10-13)15(3)23-20(24)9-6-16-5-8-18-19(11-16)22-12-21-18/h4-5,7-8,10-12,15H,6,9H2,1-3H3,(H,21,22)(H,23,24)/t15-/m0/s1. The Morgan fingerprint density at radius 3 is 2.83 bits per heavy atom. The molecule has 124 valence electrons. The van der Waals surface area contributed by atoms with Crippen LogP contribution in [0.1, 0.15) is 41.6 Å². The number of hydrogen-bond acceptors (Lipinski definition) is 2. The fraction of sp³-hybridized carbons (Fsp3) is 0.300. The first-order valence-electron chi connectivity index (χ1n) is 8.31. The van der Waals surface area contributed by atoms with E-state index >= 15 is 0 Å². The number of aromatic amines is 1. The topological polar surface area (TPSA) is 57.8 Å². The van der Waals surface area contributed by atoms with Crippen LogP contribution in [-0.2, 0) is 11.2 Å². The molecule has 1 heterocycles. The number of nitrogens with one attached hydrogen (secondary N) is 2. The van der Waals surface area contributed by atoms with Gasteiger partial charge in [-0.2, -0.15) is 0 Å². The normalized spacial score (nSPS) is 12.3. The smallest absolute Gasteiger partial charge is 0.220 e. The summed E-state index contributed by atoms with van der Waals surface area (Å²) in [5.41, 5.74) is 6.73. The highest BCUT2D eigenvalue weighted by molar-refractivity contribution is 5.78. The summed E-state index contributed by atoms with van der Waals surface area (Å²) in [6.07, 6.45) is 2.89. The van der Waals surface area contributed by atoms with Gasteiger partial charge in [0.15, 0.2) is 0 Å². The van der Waals surface area contributed by atoms with Gasteiger partial charge in [-0.1, -0.05) is 29.8 Å². The Morgan fingerprint density at radius 2 is 2.04 bits per heavy atom. The summed E-state index contributed by atoms with van der Waals surface area (Å²) in [4.78, 5) is 19.6. The zero-order chi connectivity index (χ0) is 17.1. The molecule has 1 aromatic heterocycles. The number of hydrogen-bond donors (Lipinski definition) is 2. The highest BCUT2D eigenvalue weighted by Crippen LogP contribution is 2.19. The number of nitrogens with zero attached hydrogens (tertiary/aromatic N) is 1. The van der Waals surface area contributed by atoms with Crippen molar-refractivity contribution in [1.82, 2.24) is 15.3 Å². The molecule has 2 aromatic carbocycles. The van der Waals surface area contributed by atoms with E-state index in [1.807, 2.05) is 19.1 Å². The van der Waals surface area contributed by atoms with E-state index in [0.717, 1.165) is 23.0 Å². The van der Waals surface area contributed by atoms with Gasteiger partial charge in [-0.25, -0.2) is 4.98 Å². The van der Waals surface area contributed by atoms with Gasteiger partial charge in [0.25, 0.3) is 0 Å². The minimum atomic E-state index is 0.0215. The number of aryl methyl sites for hydroxylation is 3. The maximum absolute atomic E-state index is 12.3. The number of carbonyl (C=O) groups excluding carboxylic acids is 1. The van der Waals surface area contributed by atoms with Crippen molar-refractivity contribution >= 4 is 16.9 Å². The monoisotopic (exact) mass is 321 g/mol. The summed E-state index contributed by atoms with van der Waals surface area (Å²) in [6, 6.07) is 12.4. The van der Waals surface area contributed by atoms with E-state index in [4.69, 9.17) is 0 Å². The summed E-state index contributed by atoms with van der Waals surface area (Å²) in [6.45, 7) is 6.20. The second-order valence-corrected chi connectivity index (χ2v) is 6.40. The summed E-state index contributed by atoms with van der Waals surface area (Å²) < 4.78 is 0. The van der Waals surface area contributed by atoms with Crippen molar-refractivity contribution in [2.75, 3.05) is 0 Å². The number of H-pyrrole nitrogens is 1. The summed E-state index contributed by atoms with van der Waals surface area (Å²) in [5, 5.41) is 3.10. The zero-order valence-electron chi connectivity index (χ0n) is 14.4. The highest BCUT2D eigenvalue weighted by Gasteiger charge is 2.12. The Hall–Kier alpha value is -2.62. The maximum Gasteiger partial charge on any atom is 0.220 e. The zero-order valence-corrected chi connectivity index (χ0v) is 14.4. The van der Waals surface area contributed by atoms with Gasteiger partial charge in [0, 0.05) is 6.42 Å². The van der Waals surface area contributed by atoms with Crippen LogP contribution in [0.5, 0.6) is 0 Å². The molecule has 0 bridgehead atoms. The van der Waals surface area contributed by atoms with Crippen LogP contribution in [0.2, 0.25) is 0 Å². The molecular weight excluding hydrogens is 298 g/mol. The van der Waals surface area contributed by atoms with E-state index in [0.29, 0.717) is 6.42 Å². The van der Waals surface area contributed by atoms with Crippen LogP contribution in [0, 0.1) is 13.8 Å². The van der Waals surface area contributed by atoms with Crippen molar-refractivity contribution in [3.8, 4) is 0 Å². The molecule has 24 heavy (non-hydrogen) atoms. The van der Waals surface area contributed by atoms with Gasteiger partial charge >= 0.3 is 0 Å². The van der Waals surface area contributed by atoms with Crippen molar-refractivity contribution in [3.63, 3.8) is 0 Å². The van der Waals surface area contributed by atoms with Crippen molar-refractivity contribution in [2.24, 2.45) is 0 Å². The van der Waals surface area contributed by atoms with E-state index < -0.39 is 0 Å². The number of rotatable bonds is 5. The first kappa shape index (κ1) is 16.2. The number of benzene rings is 2. The van der Waals surface area contributed by atoms with Gasteiger partial charge in [-0.05, 0) is 56.0 Å². The molecule has 3 aromatic rings. The van der Waals surface area contributed by atoms with E-state index in [9.17, 15) is 4.79 Å². The molecule has 2 N–H and O–H groups in total. The Labute approximate surface area is 142 Å². The molecule has 4 heteroatoms. The van der Waals surface area contributed by atoms with Crippen LogP contribution in [0.25, 0.3) is 11.0 Å². The lowest BCUT2D eigenvalue weighted by Crippen LogP contribution is -2.27. The molecule has 0 aliphatic heterocycles. The third kappa shape index (κ3) is 3.65. The molecule has 0 saturated heterocycles. The number of amides is 1. The van der Waals surface area contributed by atoms with Crippen LogP contribution in [0.4, 0.5) is 0 Å². The molecular formula is C20H23N3O. The molecule has 0 saturated carbocycles. The minimum Gasteiger partial charge on any atom is -0.350 e. The molecule has 0 aliphatic carbocycles. The van der Waals surface area contributed by atoms with Crippen molar-refractivity contribution in [1.29, 1.82) is 0 Å². The minimum absolute atomic E-state index is 0.0215. The molecule has 0 fully saturated rings. The number of fused-ring (bicyclic) bond motifs is 1. The Bertz CT molecular complexity index is 866. The lowest BCUT2D eigenvalue weighted by Gasteiger charge is -2.17. The lowest BCUT2D eigenvalue weighted by molar-refractivity contribution is -0.121. The van der Waals surface area contributed by atoms with Gasteiger partial charge < -0.3 is 10.3 Å². The quantitative estimate of drug-likeness (QED) is 0.746. The summed E-state index contributed by atoms with van der Waals surface area (Å²) in [5.74, 6) is 0.0761. The van der Waals surface area contributed by atoms with Crippen molar-refractivity contribution in [3.05, 3.63) is 65.0 Å². The van der Waals surface area contributed by atoms with Crippen molar-refractivity contribution < 1.29 is 4.79 Å². The Kier molecular flexibility index (Phi) is 4.65. The molecule has 0 unspecified atom stereocenters. The Balaban J connectivity index is 1.58. The second-order valence-electron chi connectivity index (χ2n) is 6.40. The molecule has 0 radical (unpaired) electrons. The first-order valence-corrected chi connectivity index (χ1v) is 8.31. The number of aromatic nitrogens is 2. The fourth-order valence-corrected chi connectivity index (χ4v) is 3.10. The van der Waals surface area contributed by atoms with Crippen LogP contribution in [-0.4, -0.2) is 15.9 Å². The molecule has 1 amide bonds. The van der Waals surface area contributed by atoms with Gasteiger partial charge in [-0.3, -0.25) is 4.79 Å². The van der Waals surface area contributed by atoms with Gasteiger partial charge in [0.1, 0.15) is 0 Å². The average Bonchev–Trinajstić information content (AvgIpc) is 3.00. The molecule has 0 aliphatic rings. The van der Waals surface area contributed by atoms with E-state index in [2.05, 4.69) is 53.4 Å². The molecule has 4 nitrogen and oxygen atoms in total. The molecule has 0 spiro atoms.